The van der Waals surface area contributed by atoms with Gasteiger partial charge in [0.15, 0.2) is 0 Å². The average Bonchev–Trinajstić information content (AvgIpc) is 2.28. The van der Waals surface area contributed by atoms with Crippen molar-refractivity contribution in [2.24, 2.45) is 5.92 Å². The van der Waals surface area contributed by atoms with Crippen molar-refractivity contribution in [3.63, 3.8) is 0 Å². The van der Waals surface area contributed by atoms with E-state index in [9.17, 15) is 4.79 Å². The van der Waals surface area contributed by atoms with E-state index >= 15 is 0 Å². The Hall–Kier alpha value is -1.05. The average molecular weight is 207 g/mol. The first-order chi connectivity index (χ1) is 7.17. The molecule has 0 saturated heterocycles. The highest BCUT2D eigenvalue weighted by Gasteiger charge is 2.14. The molecule has 84 valence electrons. The minimum atomic E-state index is 0.189. The van der Waals surface area contributed by atoms with Gasteiger partial charge >= 0.3 is 0 Å². The van der Waals surface area contributed by atoms with Crippen molar-refractivity contribution in [1.29, 1.82) is 0 Å². The quantitative estimate of drug-likeness (QED) is 0.751. The van der Waals surface area contributed by atoms with Gasteiger partial charge in [-0.25, -0.2) is 0 Å². The zero-order chi connectivity index (χ0) is 11.3. The third kappa shape index (κ3) is 3.54. The summed E-state index contributed by atoms with van der Waals surface area (Å²) >= 11 is 0. The van der Waals surface area contributed by atoms with E-state index in [1.54, 1.807) is 0 Å². The lowest BCUT2D eigenvalue weighted by Gasteiger charge is -2.17. The molecule has 15 heavy (non-hydrogen) atoms. The summed E-state index contributed by atoms with van der Waals surface area (Å²) in [4.78, 5) is 11.7. The molecular formula is C13H21NO. The van der Waals surface area contributed by atoms with E-state index in [0.29, 0.717) is 18.2 Å². The van der Waals surface area contributed by atoms with Gasteiger partial charge in [-0.15, -0.1) is 0 Å². The van der Waals surface area contributed by atoms with Crippen LogP contribution in [0.4, 0.5) is 0 Å². The Morgan fingerprint density at radius 1 is 1.53 bits per heavy atom. The fourth-order valence-corrected chi connectivity index (χ4v) is 1.60. The van der Waals surface area contributed by atoms with E-state index in [1.807, 2.05) is 19.2 Å². The summed E-state index contributed by atoms with van der Waals surface area (Å²) in [6, 6.07) is 0.398. The highest BCUT2D eigenvalue weighted by Crippen LogP contribution is 2.15. The standard InChI is InChI=1S/C13H21NO/c1-4-10(3)13(15)9-11-6-7-14-12(5-2)8-11/h6-8,10,12,14H,4-5,9H2,1-3H3. The SMILES string of the molecule is CCC1C=C(CC(=O)C(C)CC)C=CN1. The molecule has 0 spiro atoms. The fraction of sp³-hybridized carbons (Fsp3) is 0.615. The second-order valence-corrected chi connectivity index (χ2v) is 4.21. The number of carbonyl (C=O) groups is 1. The Bertz CT molecular complexity index is 278. The molecule has 0 aromatic carbocycles. The summed E-state index contributed by atoms with van der Waals surface area (Å²) in [7, 11) is 0. The summed E-state index contributed by atoms with van der Waals surface area (Å²) in [5.74, 6) is 0.541. The summed E-state index contributed by atoms with van der Waals surface area (Å²) in [5, 5.41) is 3.25. The molecule has 1 aliphatic heterocycles. The number of hydrogen-bond acceptors (Lipinski definition) is 2. The summed E-state index contributed by atoms with van der Waals surface area (Å²) < 4.78 is 0. The molecule has 0 radical (unpaired) electrons. The lowest BCUT2D eigenvalue weighted by molar-refractivity contribution is -0.121. The maximum Gasteiger partial charge on any atom is 0.140 e. The van der Waals surface area contributed by atoms with Crippen LogP contribution in [0.2, 0.25) is 0 Å². The molecule has 2 unspecified atom stereocenters. The number of nitrogens with one attached hydrogen (secondary N) is 1. The van der Waals surface area contributed by atoms with Crippen molar-refractivity contribution in [3.8, 4) is 0 Å². The zero-order valence-corrected chi connectivity index (χ0v) is 9.92. The fourth-order valence-electron chi connectivity index (χ4n) is 1.60. The van der Waals surface area contributed by atoms with Crippen molar-refractivity contribution < 1.29 is 4.79 Å². The first kappa shape index (κ1) is 12.0. The molecule has 1 N–H and O–H groups in total. The molecule has 2 nitrogen and oxygen atoms in total. The molecule has 0 saturated carbocycles. The van der Waals surface area contributed by atoms with Gasteiger partial charge in [-0.3, -0.25) is 4.79 Å². The number of Topliss-reactive ketones (excluding diaryl/α,β-unsaturated/α-hetero) is 1. The molecule has 1 heterocycles. The number of ketones is 1. The van der Waals surface area contributed by atoms with E-state index in [4.69, 9.17) is 0 Å². The topological polar surface area (TPSA) is 29.1 Å². The minimum Gasteiger partial charge on any atom is -0.385 e. The molecule has 0 amide bonds. The van der Waals surface area contributed by atoms with Gasteiger partial charge < -0.3 is 5.32 Å². The van der Waals surface area contributed by atoms with Crippen LogP contribution in [-0.4, -0.2) is 11.8 Å². The molecule has 0 aromatic rings. The zero-order valence-electron chi connectivity index (χ0n) is 9.92. The number of carbonyl (C=O) groups excluding carboxylic acids is 1. The predicted octanol–water partition coefficient (Wildman–Crippen LogP) is 2.81. The predicted molar refractivity (Wildman–Crippen MR) is 63.5 cm³/mol. The van der Waals surface area contributed by atoms with E-state index in [1.165, 1.54) is 0 Å². The maximum absolute atomic E-state index is 11.7. The molecular weight excluding hydrogens is 186 g/mol. The molecule has 2 heteroatoms. The van der Waals surface area contributed by atoms with E-state index in [2.05, 4.69) is 25.2 Å². The lowest BCUT2D eigenvalue weighted by Crippen LogP contribution is -2.24. The molecule has 0 aromatic heterocycles. The van der Waals surface area contributed by atoms with Gasteiger partial charge in [0.1, 0.15) is 5.78 Å². The molecule has 2 atom stereocenters. The molecule has 0 fully saturated rings. The van der Waals surface area contributed by atoms with Crippen LogP contribution < -0.4 is 5.32 Å². The van der Waals surface area contributed by atoms with Crippen LogP contribution in [0.15, 0.2) is 23.9 Å². The Balaban J connectivity index is 2.54. The van der Waals surface area contributed by atoms with Crippen LogP contribution in [-0.2, 0) is 4.79 Å². The summed E-state index contributed by atoms with van der Waals surface area (Å²) in [5.41, 5.74) is 1.16. The highest BCUT2D eigenvalue weighted by molar-refractivity contribution is 5.83. The normalized spacial score (nSPS) is 21.8. The van der Waals surface area contributed by atoms with Crippen LogP contribution in [0.25, 0.3) is 0 Å². The minimum absolute atomic E-state index is 0.189. The maximum atomic E-state index is 11.7. The first-order valence-corrected chi connectivity index (χ1v) is 5.83. The second kappa shape index (κ2) is 5.74. The van der Waals surface area contributed by atoms with Crippen LogP contribution in [0.3, 0.4) is 0 Å². The number of allylic oxidation sites excluding steroid dienone is 2. The highest BCUT2D eigenvalue weighted by atomic mass is 16.1. The second-order valence-electron chi connectivity index (χ2n) is 4.21. The molecule has 1 rings (SSSR count). The Morgan fingerprint density at radius 3 is 2.87 bits per heavy atom. The van der Waals surface area contributed by atoms with Crippen molar-refractivity contribution in [2.75, 3.05) is 0 Å². The van der Waals surface area contributed by atoms with Crippen LogP contribution in [0, 0.1) is 5.92 Å². The smallest absolute Gasteiger partial charge is 0.140 e. The van der Waals surface area contributed by atoms with Gasteiger partial charge in [0.2, 0.25) is 0 Å². The van der Waals surface area contributed by atoms with Crippen molar-refractivity contribution in [1.82, 2.24) is 5.32 Å². The van der Waals surface area contributed by atoms with E-state index in [-0.39, 0.29) is 5.92 Å². The summed E-state index contributed by atoms with van der Waals surface area (Å²) in [6.07, 6.45) is 8.71. The number of dihydropyridines is 1. The number of rotatable bonds is 5. The first-order valence-electron chi connectivity index (χ1n) is 5.83. The van der Waals surface area contributed by atoms with Gasteiger partial charge in [0.25, 0.3) is 0 Å². The Kier molecular flexibility index (Phi) is 4.60. The third-order valence-corrected chi connectivity index (χ3v) is 3.00. The van der Waals surface area contributed by atoms with E-state index in [0.717, 1.165) is 18.4 Å². The van der Waals surface area contributed by atoms with Crippen LogP contribution in [0.1, 0.15) is 40.0 Å². The monoisotopic (exact) mass is 207 g/mol. The number of hydrogen-bond donors (Lipinski definition) is 1. The van der Waals surface area contributed by atoms with E-state index < -0.39 is 0 Å². The molecule has 0 aliphatic carbocycles. The largest absolute Gasteiger partial charge is 0.385 e. The van der Waals surface area contributed by atoms with Gasteiger partial charge in [-0.05, 0) is 30.7 Å². The van der Waals surface area contributed by atoms with Crippen LogP contribution in [0.5, 0.6) is 0 Å². The van der Waals surface area contributed by atoms with Crippen LogP contribution >= 0.6 is 0 Å². The van der Waals surface area contributed by atoms with Gasteiger partial charge in [-0.1, -0.05) is 26.8 Å². The van der Waals surface area contributed by atoms with Crippen molar-refractivity contribution in [2.45, 2.75) is 46.1 Å². The molecule has 1 aliphatic rings. The Labute approximate surface area is 92.4 Å². The van der Waals surface area contributed by atoms with Gasteiger partial charge in [-0.2, -0.15) is 0 Å². The van der Waals surface area contributed by atoms with Crippen molar-refractivity contribution >= 4 is 5.78 Å². The van der Waals surface area contributed by atoms with Crippen molar-refractivity contribution in [3.05, 3.63) is 23.9 Å². The molecule has 0 bridgehead atoms. The third-order valence-electron chi connectivity index (χ3n) is 3.00. The van der Waals surface area contributed by atoms with Gasteiger partial charge in [0.05, 0.1) is 0 Å². The van der Waals surface area contributed by atoms with Gasteiger partial charge in [0, 0.05) is 18.4 Å². The lowest BCUT2D eigenvalue weighted by atomic mass is 9.95. The Morgan fingerprint density at radius 2 is 2.27 bits per heavy atom. The summed E-state index contributed by atoms with van der Waals surface area (Å²) in [6.45, 7) is 6.20.